The number of thiophene rings is 2. The molecule has 0 radical (unpaired) electrons. The van der Waals surface area contributed by atoms with E-state index in [0.29, 0.717) is 12.1 Å². The second-order valence-electron chi connectivity index (χ2n) is 6.11. The average Bonchev–Trinajstić information content (AvgIpc) is 3.37. The van der Waals surface area contributed by atoms with Crippen molar-refractivity contribution in [2.24, 2.45) is 0 Å². The molecule has 1 atom stereocenters. The van der Waals surface area contributed by atoms with Gasteiger partial charge in [-0.05, 0) is 47.0 Å². The molecule has 27 heavy (non-hydrogen) atoms. The molecular weight excluding hydrogens is 384 g/mol. The highest BCUT2D eigenvalue weighted by Gasteiger charge is 2.34. The van der Waals surface area contributed by atoms with Crippen molar-refractivity contribution in [3.05, 3.63) is 78.2 Å². The van der Waals surface area contributed by atoms with Gasteiger partial charge in [-0.15, -0.1) is 22.7 Å². The fourth-order valence-corrected chi connectivity index (χ4v) is 5.18. The number of carbonyl (C=O) groups excluding carboxylic acids is 1. The van der Waals surface area contributed by atoms with Gasteiger partial charge >= 0.3 is 5.69 Å². The number of nitrogens with zero attached hydrogens (tertiary/aromatic N) is 2. The van der Waals surface area contributed by atoms with Gasteiger partial charge < -0.3 is 9.64 Å². The van der Waals surface area contributed by atoms with Gasteiger partial charge in [0.25, 0.3) is 5.91 Å². The zero-order chi connectivity index (χ0) is 19.0. The molecule has 0 saturated heterocycles. The highest BCUT2D eigenvalue weighted by Crippen LogP contribution is 2.40. The second kappa shape index (κ2) is 7.13. The summed E-state index contributed by atoms with van der Waals surface area (Å²) >= 11 is 3.32. The molecular formula is C19H16N2O4S2. The van der Waals surface area contributed by atoms with Gasteiger partial charge in [0.2, 0.25) is 0 Å². The number of nitro benzene ring substituents is 1. The predicted octanol–water partition coefficient (Wildman–Crippen LogP) is 4.51. The number of methoxy groups -OCH3 is 1. The third-order valence-corrected chi connectivity index (χ3v) is 6.58. The van der Waals surface area contributed by atoms with Crippen molar-refractivity contribution in [3.8, 4) is 5.75 Å². The number of hydrogen-bond donors (Lipinski definition) is 0. The van der Waals surface area contributed by atoms with Crippen molar-refractivity contribution in [2.75, 3.05) is 13.7 Å². The van der Waals surface area contributed by atoms with Crippen LogP contribution in [0.4, 0.5) is 5.69 Å². The summed E-state index contributed by atoms with van der Waals surface area (Å²) in [6.45, 7) is 0.578. The first-order valence-electron chi connectivity index (χ1n) is 8.33. The lowest BCUT2D eigenvalue weighted by Gasteiger charge is -2.35. The lowest BCUT2D eigenvalue weighted by atomic mass is 9.97. The Balaban J connectivity index is 1.75. The Bertz CT molecular complexity index is 997. The first-order valence-corrected chi connectivity index (χ1v) is 10.1. The number of fused-ring (bicyclic) bond motifs is 1. The summed E-state index contributed by atoms with van der Waals surface area (Å²) < 4.78 is 5.04. The lowest BCUT2D eigenvalue weighted by Crippen LogP contribution is -2.39. The van der Waals surface area contributed by atoms with Crippen LogP contribution in [0, 0.1) is 10.1 Å². The van der Waals surface area contributed by atoms with Gasteiger partial charge in [-0.3, -0.25) is 14.9 Å². The summed E-state index contributed by atoms with van der Waals surface area (Å²) in [5.41, 5.74) is 1.23. The number of amides is 1. The van der Waals surface area contributed by atoms with E-state index in [9.17, 15) is 14.9 Å². The van der Waals surface area contributed by atoms with Crippen LogP contribution in [-0.4, -0.2) is 29.4 Å². The van der Waals surface area contributed by atoms with Crippen molar-refractivity contribution < 1.29 is 14.5 Å². The minimum Gasteiger partial charge on any atom is -0.490 e. The number of hydrogen-bond acceptors (Lipinski definition) is 6. The lowest BCUT2D eigenvalue weighted by molar-refractivity contribution is -0.385. The summed E-state index contributed by atoms with van der Waals surface area (Å²) in [7, 11) is 1.37. The van der Waals surface area contributed by atoms with E-state index in [1.807, 2.05) is 22.4 Å². The standard InChI is InChI=1S/C19H16N2O4S2/c1-25-15-5-4-12(11-14(15)21(23)24)19(22)20-8-6-16-13(7-10-27-16)18(20)17-3-2-9-26-17/h2-5,7,9-11,18H,6,8H2,1H3/t18-/m0/s1. The average molecular weight is 400 g/mol. The number of rotatable bonds is 4. The van der Waals surface area contributed by atoms with Crippen LogP contribution in [0.1, 0.15) is 31.7 Å². The first kappa shape index (κ1) is 17.7. The fourth-order valence-electron chi connectivity index (χ4n) is 3.42. The molecule has 0 N–H and O–H groups in total. The number of carbonyl (C=O) groups is 1. The summed E-state index contributed by atoms with van der Waals surface area (Å²) in [6, 6.07) is 10.3. The van der Waals surface area contributed by atoms with Crippen LogP contribution in [-0.2, 0) is 6.42 Å². The molecule has 3 aromatic rings. The summed E-state index contributed by atoms with van der Waals surface area (Å²) in [4.78, 5) is 28.3. The fraction of sp³-hybridized carbons (Fsp3) is 0.211. The van der Waals surface area contributed by atoms with Crippen molar-refractivity contribution in [1.29, 1.82) is 0 Å². The Morgan fingerprint density at radius 2 is 2.11 bits per heavy atom. The molecule has 8 heteroatoms. The first-order chi connectivity index (χ1) is 13.1. The van der Waals surface area contributed by atoms with Crippen LogP contribution in [0.5, 0.6) is 5.75 Å². The molecule has 1 aromatic carbocycles. The van der Waals surface area contributed by atoms with Crippen molar-refractivity contribution in [2.45, 2.75) is 12.5 Å². The van der Waals surface area contributed by atoms with Gasteiger partial charge in [0.05, 0.1) is 18.1 Å². The highest BCUT2D eigenvalue weighted by atomic mass is 32.1. The zero-order valence-electron chi connectivity index (χ0n) is 14.5. The van der Waals surface area contributed by atoms with Crippen LogP contribution >= 0.6 is 22.7 Å². The van der Waals surface area contributed by atoms with E-state index in [4.69, 9.17) is 4.74 Å². The molecule has 0 spiro atoms. The van der Waals surface area contributed by atoms with Crippen LogP contribution in [0.15, 0.2) is 47.2 Å². The van der Waals surface area contributed by atoms with E-state index in [1.165, 1.54) is 24.1 Å². The van der Waals surface area contributed by atoms with E-state index >= 15 is 0 Å². The molecule has 0 unspecified atom stereocenters. The van der Waals surface area contributed by atoms with Crippen molar-refractivity contribution in [3.63, 3.8) is 0 Å². The molecule has 6 nitrogen and oxygen atoms in total. The molecule has 0 aliphatic carbocycles. The third-order valence-electron chi connectivity index (χ3n) is 4.66. The second-order valence-corrected chi connectivity index (χ2v) is 8.09. The van der Waals surface area contributed by atoms with Crippen LogP contribution < -0.4 is 4.74 Å². The zero-order valence-corrected chi connectivity index (χ0v) is 16.1. The van der Waals surface area contributed by atoms with E-state index < -0.39 is 4.92 Å². The Morgan fingerprint density at radius 1 is 1.26 bits per heavy atom. The van der Waals surface area contributed by atoms with E-state index in [0.717, 1.165) is 16.9 Å². The maximum atomic E-state index is 13.3. The molecule has 1 aliphatic heterocycles. The minimum absolute atomic E-state index is 0.144. The van der Waals surface area contributed by atoms with E-state index in [-0.39, 0.29) is 23.4 Å². The van der Waals surface area contributed by atoms with Gasteiger partial charge in [0.15, 0.2) is 5.75 Å². The molecule has 4 rings (SSSR count). The number of benzene rings is 1. The minimum atomic E-state index is -0.528. The Kier molecular flexibility index (Phi) is 4.67. The molecule has 3 heterocycles. The summed E-state index contributed by atoms with van der Waals surface area (Å²) in [5.74, 6) is -0.0684. The number of nitro groups is 1. The van der Waals surface area contributed by atoms with Crippen molar-refractivity contribution in [1.82, 2.24) is 4.90 Å². The van der Waals surface area contributed by atoms with Gasteiger partial charge in [-0.25, -0.2) is 0 Å². The van der Waals surface area contributed by atoms with E-state index in [2.05, 4.69) is 11.4 Å². The quantitative estimate of drug-likeness (QED) is 0.477. The Morgan fingerprint density at radius 3 is 2.81 bits per heavy atom. The molecule has 0 fully saturated rings. The number of ether oxygens (including phenoxy) is 1. The van der Waals surface area contributed by atoms with E-state index in [1.54, 1.807) is 28.7 Å². The normalized spacial score (nSPS) is 16.0. The molecule has 1 aliphatic rings. The molecule has 0 saturated carbocycles. The van der Waals surface area contributed by atoms with Crippen molar-refractivity contribution >= 4 is 34.3 Å². The van der Waals surface area contributed by atoms with Gasteiger partial charge in [-0.2, -0.15) is 0 Å². The molecule has 1 amide bonds. The highest BCUT2D eigenvalue weighted by molar-refractivity contribution is 7.10. The smallest absolute Gasteiger partial charge is 0.311 e. The largest absolute Gasteiger partial charge is 0.490 e. The Labute approximate surface area is 163 Å². The Hall–Kier alpha value is -2.71. The van der Waals surface area contributed by atoms with Crippen LogP contribution in [0.3, 0.4) is 0 Å². The monoisotopic (exact) mass is 400 g/mol. The third kappa shape index (κ3) is 3.11. The maximum Gasteiger partial charge on any atom is 0.311 e. The molecule has 138 valence electrons. The SMILES string of the molecule is COc1ccc(C(=O)N2CCc3sccc3[C@H]2c2cccs2)cc1[N+](=O)[O-]. The topological polar surface area (TPSA) is 72.7 Å². The van der Waals surface area contributed by atoms with Crippen LogP contribution in [0.25, 0.3) is 0 Å². The van der Waals surface area contributed by atoms with Crippen LogP contribution in [0.2, 0.25) is 0 Å². The summed E-state index contributed by atoms with van der Waals surface area (Å²) in [6.07, 6.45) is 0.791. The maximum absolute atomic E-state index is 13.3. The predicted molar refractivity (Wildman–Crippen MR) is 105 cm³/mol. The molecule has 2 aromatic heterocycles. The van der Waals surface area contributed by atoms with Gasteiger partial charge in [0, 0.05) is 27.9 Å². The molecule has 0 bridgehead atoms. The van der Waals surface area contributed by atoms with Gasteiger partial charge in [-0.1, -0.05) is 6.07 Å². The summed E-state index contributed by atoms with van der Waals surface area (Å²) in [5, 5.41) is 15.4. The van der Waals surface area contributed by atoms with Gasteiger partial charge in [0.1, 0.15) is 0 Å².